The van der Waals surface area contributed by atoms with Crippen molar-refractivity contribution in [2.45, 2.75) is 13.5 Å². The first-order chi connectivity index (χ1) is 9.60. The van der Waals surface area contributed by atoms with Gasteiger partial charge in [0.1, 0.15) is 5.75 Å². The highest BCUT2D eigenvalue weighted by atomic mass is 35.5. The minimum Gasteiger partial charge on any atom is -0.492 e. The molecule has 0 fully saturated rings. The number of hydrogen-bond acceptors (Lipinski definition) is 3. The van der Waals surface area contributed by atoms with Gasteiger partial charge >= 0.3 is 0 Å². The van der Waals surface area contributed by atoms with Gasteiger partial charge in [-0.05, 0) is 36.8 Å². The van der Waals surface area contributed by atoms with Crippen LogP contribution < -0.4 is 15.4 Å². The minimum absolute atomic E-state index is 0.603. The fourth-order valence-corrected chi connectivity index (χ4v) is 2.25. The SMILES string of the molecule is CCOc1cc(N(C)Cc2cccc(Cl)c2)ccc1N. The van der Waals surface area contributed by atoms with Gasteiger partial charge < -0.3 is 15.4 Å². The smallest absolute Gasteiger partial charge is 0.144 e. The Morgan fingerprint density at radius 2 is 2.00 bits per heavy atom. The summed E-state index contributed by atoms with van der Waals surface area (Å²) in [6.45, 7) is 3.32. The van der Waals surface area contributed by atoms with Gasteiger partial charge in [-0.2, -0.15) is 0 Å². The van der Waals surface area contributed by atoms with Gasteiger partial charge in [-0.3, -0.25) is 0 Å². The van der Waals surface area contributed by atoms with E-state index in [0.29, 0.717) is 12.3 Å². The van der Waals surface area contributed by atoms with Crippen LogP contribution in [0.25, 0.3) is 0 Å². The number of ether oxygens (including phenoxy) is 1. The molecule has 20 heavy (non-hydrogen) atoms. The molecular weight excluding hydrogens is 272 g/mol. The molecule has 0 atom stereocenters. The zero-order valence-electron chi connectivity index (χ0n) is 11.8. The van der Waals surface area contributed by atoms with E-state index in [1.807, 2.05) is 50.4 Å². The van der Waals surface area contributed by atoms with Gasteiger partial charge in [0.2, 0.25) is 0 Å². The third kappa shape index (κ3) is 3.58. The van der Waals surface area contributed by atoms with Crippen LogP contribution in [-0.4, -0.2) is 13.7 Å². The summed E-state index contributed by atoms with van der Waals surface area (Å²) in [6, 6.07) is 13.7. The summed E-state index contributed by atoms with van der Waals surface area (Å²) >= 11 is 6.01. The Labute approximate surface area is 124 Å². The molecule has 2 rings (SSSR count). The van der Waals surface area contributed by atoms with E-state index in [2.05, 4.69) is 11.0 Å². The lowest BCUT2D eigenvalue weighted by atomic mass is 10.2. The van der Waals surface area contributed by atoms with Crippen molar-refractivity contribution in [3.63, 3.8) is 0 Å². The summed E-state index contributed by atoms with van der Waals surface area (Å²) in [6.07, 6.45) is 0. The Morgan fingerprint density at radius 1 is 1.20 bits per heavy atom. The van der Waals surface area contributed by atoms with Gasteiger partial charge in [0.15, 0.2) is 0 Å². The largest absolute Gasteiger partial charge is 0.492 e. The summed E-state index contributed by atoms with van der Waals surface area (Å²) in [4.78, 5) is 2.13. The Kier molecular flexibility index (Phi) is 4.74. The molecule has 106 valence electrons. The lowest BCUT2D eigenvalue weighted by Gasteiger charge is -2.21. The molecule has 0 radical (unpaired) electrons. The van der Waals surface area contributed by atoms with E-state index in [-0.39, 0.29) is 0 Å². The zero-order chi connectivity index (χ0) is 14.5. The van der Waals surface area contributed by atoms with Gasteiger partial charge in [0.25, 0.3) is 0 Å². The van der Waals surface area contributed by atoms with E-state index in [4.69, 9.17) is 22.1 Å². The molecule has 3 nitrogen and oxygen atoms in total. The molecule has 2 N–H and O–H groups in total. The van der Waals surface area contributed by atoms with Crippen molar-refractivity contribution in [3.8, 4) is 5.75 Å². The summed E-state index contributed by atoms with van der Waals surface area (Å²) in [7, 11) is 2.03. The first-order valence-electron chi connectivity index (χ1n) is 6.58. The molecule has 0 aliphatic rings. The number of benzene rings is 2. The molecular formula is C16H19ClN2O. The van der Waals surface area contributed by atoms with Crippen LogP contribution in [0.2, 0.25) is 5.02 Å². The second kappa shape index (κ2) is 6.53. The lowest BCUT2D eigenvalue weighted by molar-refractivity contribution is 0.342. The van der Waals surface area contributed by atoms with Crippen molar-refractivity contribution in [3.05, 3.63) is 53.1 Å². The van der Waals surface area contributed by atoms with Crippen molar-refractivity contribution in [1.82, 2.24) is 0 Å². The van der Waals surface area contributed by atoms with Gasteiger partial charge in [-0.15, -0.1) is 0 Å². The molecule has 0 amide bonds. The number of nitrogen functional groups attached to an aromatic ring is 1. The maximum absolute atomic E-state index is 6.01. The molecule has 0 spiro atoms. The lowest BCUT2D eigenvalue weighted by Crippen LogP contribution is -2.16. The van der Waals surface area contributed by atoms with Gasteiger partial charge in [0.05, 0.1) is 12.3 Å². The molecule has 0 aliphatic carbocycles. The highest BCUT2D eigenvalue weighted by Gasteiger charge is 2.07. The number of nitrogens with zero attached hydrogens (tertiary/aromatic N) is 1. The number of hydrogen-bond donors (Lipinski definition) is 1. The Balaban J connectivity index is 2.16. The molecule has 2 aromatic carbocycles. The molecule has 0 aliphatic heterocycles. The molecule has 0 unspecified atom stereocenters. The van der Waals surface area contributed by atoms with Crippen LogP contribution >= 0.6 is 11.6 Å². The van der Waals surface area contributed by atoms with Gasteiger partial charge in [-0.1, -0.05) is 23.7 Å². The second-order valence-corrected chi connectivity index (χ2v) is 5.08. The van der Waals surface area contributed by atoms with Gasteiger partial charge in [0, 0.05) is 30.4 Å². The first-order valence-corrected chi connectivity index (χ1v) is 6.96. The van der Waals surface area contributed by atoms with Crippen molar-refractivity contribution in [2.24, 2.45) is 0 Å². The van der Waals surface area contributed by atoms with Gasteiger partial charge in [-0.25, -0.2) is 0 Å². The minimum atomic E-state index is 0.603. The molecule has 0 saturated heterocycles. The van der Waals surface area contributed by atoms with E-state index in [0.717, 1.165) is 28.6 Å². The Morgan fingerprint density at radius 3 is 2.70 bits per heavy atom. The molecule has 0 bridgehead atoms. The summed E-state index contributed by atoms with van der Waals surface area (Å²) in [5, 5.41) is 0.753. The summed E-state index contributed by atoms with van der Waals surface area (Å²) in [5.41, 5.74) is 8.77. The van der Waals surface area contributed by atoms with Crippen molar-refractivity contribution >= 4 is 23.0 Å². The average molecular weight is 291 g/mol. The zero-order valence-corrected chi connectivity index (χ0v) is 12.5. The van der Waals surface area contributed by atoms with E-state index in [1.54, 1.807) is 0 Å². The summed E-state index contributed by atoms with van der Waals surface area (Å²) < 4.78 is 5.52. The van der Waals surface area contributed by atoms with Crippen molar-refractivity contribution in [2.75, 3.05) is 24.3 Å². The van der Waals surface area contributed by atoms with E-state index in [9.17, 15) is 0 Å². The Hall–Kier alpha value is -1.87. The summed E-state index contributed by atoms with van der Waals surface area (Å²) in [5.74, 6) is 0.725. The third-order valence-corrected chi connectivity index (χ3v) is 3.28. The van der Waals surface area contributed by atoms with Crippen LogP contribution in [-0.2, 0) is 6.54 Å². The van der Waals surface area contributed by atoms with Crippen LogP contribution in [0.4, 0.5) is 11.4 Å². The molecule has 0 aromatic heterocycles. The molecule has 0 saturated carbocycles. The highest BCUT2D eigenvalue weighted by molar-refractivity contribution is 6.30. The van der Waals surface area contributed by atoms with E-state index < -0.39 is 0 Å². The van der Waals surface area contributed by atoms with Crippen LogP contribution in [0.3, 0.4) is 0 Å². The molecule has 4 heteroatoms. The van der Waals surface area contributed by atoms with E-state index >= 15 is 0 Å². The predicted octanol–water partition coefficient (Wildman–Crippen LogP) is 3.96. The number of anilines is 2. The highest BCUT2D eigenvalue weighted by Crippen LogP contribution is 2.28. The quantitative estimate of drug-likeness (QED) is 0.847. The van der Waals surface area contributed by atoms with Crippen LogP contribution in [0, 0.1) is 0 Å². The van der Waals surface area contributed by atoms with Crippen LogP contribution in [0.15, 0.2) is 42.5 Å². The predicted molar refractivity (Wildman–Crippen MR) is 85.6 cm³/mol. The third-order valence-electron chi connectivity index (χ3n) is 3.05. The first kappa shape index (κ1) is 14.5. The van der Waals surface area contributed by atoms with Crippen LogP contribution in [0.5, 0.6) is 5.75 Å². The normalized spacial score (nSPS) is 10.3. The Bertz CT molecular complexity index is 586. The number of nitrogens with two attached hydrogens (primary N) is 1. The van der Waals surface area contributed by atoms with E-state index in [1.165, 1.54) is 0 Å². The number of rotatable bonds is 5. The average Bonchev–Trinajstić information content (AvgIpc) is 2.41. The fourth-order valence-electron chi connectivity index (χ4n) is 2.04. The molecule has 2 aromatic rings. The van der Waals surface area contributed by atoms with Crippen LogP contribution in [0.1, 0.15) is 12.5 Å². The molecule has 0 heterocycles. The number of halogens is 1. The van der Waals surface area contributed by atoms with Crippen molar-refractivity contribution < 1.29 is 4.74 Å². The second-order valence-electron chi connectivity index (χ2n) is 4.64. The fraction of sp³-hybridized carbons (Fsp3) is 0.250. The standard InChI is InChI=1S/C16H19ClN2O/c1-3-20-16-10-14(7-8-15(16)18)19(2)11-12-5-4-6-13(17)9-12/h4-10H,3,11,18H2,1-2H3. The maximum Gasteiger partial charge on any atom is 0.144 e. The topological polar surface area (TPSA) is 38.5 Å². The van der Waals surface area contributed by atoms with Crippen molar-refractivity contribution in [1.29, 1.82) is 0 Å². The maximum atomic E-state index is 6.01. The monoisotopic (exact) mass is 290 g/mol.